The van der Waals surface area contributed by atoms with Crippen molar-refractivity contribution in [3.8, 4) is 11.8 Å². The summed E-state index contributed by atoms with van der Waals surface area (Å²) in [5, 5.41) is 14.1. The maximum absolute atomic E-state index is 13.3. The second-order valence-electron chi connectivity index (χ2n) is 7.77. The highest BCUT2D eigenvalue weighted by atomic mass is 32.1. The molecule has 33 heavy (non-hydrogen) atoms. The number of ether oxygens (including phenoxy) is 1. The Morgan fingerprint density at radius 1 is 1.15 bits per heavy atom. The van der Waals surface area contributed by atoms with Crippen LogP contribution in [0.5, 0.6) is 5.75 Å². The van der Waals surface area contributed by atoms with E-state index in [2.05, 4.69) is 11.4 Å². The fraction of sp³-hybridized carbons (Fsp3) is 0.192. The zero-order chi connectivity index (χ0) is 22.8. The van der Waals surface area contributed by atoms with Gasteiger partial charge >= 0.3 is 0 Å². The van der Waals surface area contributed by atoms with Gasteiger partial charge in [0.25, 0.3) is 5.91 Å². The van der Waals surface area contributed by atoms with Crippen molar-refractivity contribution in [2.45, 2.75) is 25.7 Å². The Kier molecular flexibility index (Phi) is 5.68. The van der Waals surface area contributed by atoms with Gasteiger partial charge in [-0.1, -0.05) is 30.3 Å². The zero-order valence-electron chi connectivity index (χ0n) is 18.1. The molecular weight excluding hydrogens is 434 g/mol. The molecule has 2 heterocycles. The van der Waals surface area contributed by atoms with Crippen LogP contribution in [0.3, 0.4) is 0 Å². The third-order valence-corrected chi connectivity index (χ3v) is 6.91. The summed E-state index contributed by atoms with van der Waals surface area (Å²) in [4.78, 5) is 19.3. The standard InChI is InChI=1S/C26H21N3O3S/c1-31-22-12-6-4-10-20(22)28-24(30)18-14-16-8-2-5-11-21(16)32-25(18)29-26-19(15-27)17-9-3-7-13-23(17)33-26/h2,4-6,8,10-12,14H,3,7,9,13H2,1H3,(H,28,30)/b29-25-. The van der Waals surface area contributed by atoms with Gasteiger partial charge in [0, 0.05) is 10.3 Å². The van der Waals surface area contributed by atoms with E-state index in [0.717, 1.165) is 36.6 Å². The Balaban J connectivity index is 1.66. The third-order valence-electron chi connectivity index (χ3n) is 5.72. The van der Waals surface area contributed by atoms with Crippen molar-refractivity contribution in [2.24, 2.45) is 4.99 Å². The molecule has 0 bridgehead atoms. The van der Waals surface area contributed by atoms with Crippen LogP contribution in [0.25, 0.3) is 11.0 Å². The molecule has 2 aromatic carbocycles. The van der Waals surface area contributed by atoms with Crippen molar-refractivity contribution < 1.29 is 13.9 Å². The Morgan fingerprint density at radius 2 is 1.94 bits per heavy atom. The number of hydrogen-bond acceptors (Lipinski definition) is 6. The summed E-state index contributed by atoms with van der Waals surface area (Å²) in [6.45, 7) is 0. The average molecular weight is 456 g/mol. The van der Waals surface area contributed by atoms with Crippen molar-refractivity contribution >= 4 is 38.9 Å². The first-order valence-corrected chi connectivity index (χ1v) is 11.6. The van der Waals surface area contributed by atoms with Crippen LogP contribution in [0, 0.1) is 11.3 Å². The smallest absolute Gasteiger partial charge is 0.261 e. The first-order valence-electron chi connectivity index (χ1n) is 10.7. The number of amides is 1. The molecule has 7 heteroatoms. The molecular formula is C26H21N3O3S. The molecule has 0 unspecified atom stereocenters. The second kappa shape index (κ2) is 8.93. The Labute approximate surface area is 194 Å². The number of thiophene rings is 1. The van der Waals surface area contributed by atoms with Crippen molar-refractivity contribution in [1.29, 1.82) is 5.26 Å². The third kappa shape index (κ3) is 4.01. The van der Waals surface area contributed by atoms with E-state index in [1.807, 2.05) is 36.4 Å². The number of aryl methyl sites for hydroxylation is 1. The average Bonchev–Trinajstić information content (AvgIpc) is 3.20. The fourth-order valence-electron chi connectivity index (χ4n) is 4.09. The molecule has 1 aliphatic rings. The summed E-state index contributed by atoms with van der Waals surface area (Å²) < 4.78 is 11.4. The minimum absolute atomic E-state index is 0.177. The number of benzene rings is 2. The molecule has 6 nitrogen and oxygen atoms in total. The lowest BCUT2D eigenvalue weighted by molar-refractivity contribution is 0.102. The molecule has 0 aliphatic heterocycles. The molecule has 0 spiro atoms. The minimum Gasteiger partial charge on any atom is -0.495 e. The normalized spacial score (nSPS) is 13.4. The van der Waals surface area contributed by atoms with Crippen molar-refractivity contribution in [2.75, 3.05) is 12.4 Å². The highest BCUT2D eigenvalue weighted by Gasteiger charge is 2.22. The summed E-state index contributed by atoms with van der Waals surface area (Å²) in [6.07, 6.45) is 4.04. The lowest BCUT2D eigenvalue weighted by Gasteiger charge is -2.10. The lowest BCUT2D eigenvalue weighted by atomic mass is 9.96. The number of nitrogens with one attached hydrogen (secondary N) is 1. The quantitative estimate of drug-likeness (QED) is 0.425. The lowest BCUT2D eigenvalue weighted by Crippen LogP contribution is -2.21. The number of anilines is 1. The predicted molar refractivity (Wildman–Crippen MR) is 128 cm³/mol. The van der Waals surface area contributed by atoms with Gasteiger partial charge in [-0.25, -0.2) is 4.99 Å². The van der Waals surface area contributed by atoms with Gasteiger partial charge in [-0.05, 0) is 55.5 Å². The van der Waals surface area contributed by atoms with Gasteiger partial charge in [-0.15, -0.1) is 11.3 Å². The molecule has 0 fully saturated rings. The van der Waals surface area contributed by atoms with Crippen LogP contribution in [0.4, 0.5) is 10.7 Å². The monoisotopic (exact) mass is 455 g/mol. The first kappa shape index (κ1) is 21.0. The second-order valence-corrected chi connectivity index (χ2v) is 8.86. The number of hydrogen-bond donors (Lipinski definition) is 1. The van der Waals surface area contributed by atoms with Crippen LogP contribution >= 0.6 is 11.3 Å². The van der Waals surface area contributed by atoms with Gasteiger partial charge in [0.15, 0.2) is 0 Å². The SMILES string of the molecule is COc1ccccc1NC(=O)c1cc2ccccc2o/c1=N\c1sc2c(c1C#N)CCCC2. The van der Waals surface area contributed by atoms with Crippen LogP contribution in [-0.4, -0.2) is 13.0 Å². The summed E-state index contributed by atoms with van der Waals surface area (Å²) >= 11 is 1.52. The van der Waals surface area contributed by atoms with Gasteiger partial charge in [0.05, 0.1) is 18.4 Å². The van der Waals surface area contributed by atoms with E-state index in [1.54, 1.807) is 25.3 Å². The van der Waals surface area contributed by atoms with Crippen LogP contribution in [0.2, 0.25) is 0 Å². The van der Waals surface area contributed by atoms with E-state index in [1.165, 1.54) is 16.2 Å². The maximum atomic E-state index is 13.3. The number of para-hydroxylation sites is 3. The van der Waals surface area contributed by atoms with Gasteiger partial charge in [-0.2, -0.15) is 5.26 Å². The number of carbonyl (C=O) groups is 1. The highest BCUT2D eigenvalue weighted by Crippen LogP contribution is 2.39. The first-order chi connectivity index (χ1) is 16.2. The zero-order valence-corrected chi connectivity index (χ0v) is 18.9. The molecule has 1 N–H and O–H groups in total. The van der Waals surface area contributed by atoms with Gasteiger partial charge < -0.3 is 14.5 Å². The van der Waals surface area contributed by atoms with Crippen LogP contribution < -0.4 is 15.6 Å². The Hall–Kier alpha value is -3.89. The molecule has 4 aromatic rings. The molecule has 0 atom stereocenters. The number of nitriles is 1. The van der Waals surface area contributed by atoms with Crippen molar-refractivity contribution in [3.63, 3.8) is 0 Å². The van der Waals surface area contributed by atoms with Gasteiger partial charge in [-0.3, -0.25) is 4.79 Å². The minimum atomic E-state index is -0.368. The molecule has 164 valence electrons. The summed E-state index contributed by atoms with van der Waals surface area (Å²) in [6, 6.07) is 18.8. The number of nitrogens with zero attached hydrogens (tertiary/aromatic N) is 2. The van der Waals surface area contributed by atoms with Crippen molar-refractivity contribution in [3.05, 3.63) is 81.7 Å². The van der Waals surface area contributed by atoms with E-state index >= 15 is 0 Å². The van der Waals surface area contributed by atoms with Gasteiger partial charge in [0.2, 0.25) is 5.55 Å². The molecule has 0 radical (unpaired) electrons. The Bertz CT molecular complexity index is 1480. The predicted octanol–water partition coefficient (Wildman–Crippen LogP) is 5.74. The van der Waals surface area contributed by atoms with Gasteiger partial charge in [0.1, 0.15) is 28.0 Å². The highest BCUT2D eigenvalue weighted by molar-refractivity contribution is 7.16. The van der Waals surface area contributed by atoms with Crippen molar-refractivity contribution in [1.82, 2.24) is 0 Å². The molecule has 2 aromatic heterocycles. The van der Waals surface area contributed by atoms with E-state index in [9.17, 15) is 10.1 Å². The number of fused-ring (bicyclic) bond motifs is 2. The van der Waals surface area contributed by atoms with Crippen LogP contribution in [0.15, 0.2) is 64.0 Å². The van der Waals surface area contributed by atoms with E-state index in [4.69, 9.17) is 14.1 Å². The Morgan fingerprint density at radius 3 is 2.79 bits per heavy atom. The molecule has 0 saturated carbocycles. The molecule has 1 amide bonds. The van der Waals surface area contributed by atoms with Crippen LogP contribution in [-0.2, 0) is 12.8 Å². The molecule has 0 saturated heterocycles. The van der Waals surface area contributed by atoms with Crippen LogP contribution in [0.1, 0.15) is 39.2 Å². The van der Waals surface area contributed by atoms with E-state index in [-0.39, 0.29) is 17.0 Å². The summed E-state index contributed by atoms with van der Waals surface area (Å²) in [5.41, 5.74) is 3.31. The molecule has 1 aliphatic carbocycles. The number of methoxy groups -OCH3 is 1. The summed E-state index contributed by atoms with van der Waals surface area (Å²) in [7, 11) is 1.55. The largest absolute Gasteiger partial charge is 0.495 e. The fourth-order valence-corrected chi connectivity index (χ4v) is 5.30. The number of rotatable bonds is 4. The maximum Gasteiger partial charge on any atom is 0.261 e. The number of carbonyl (C=O) groups excluding carboxylic acids is 1. The molecule has 5 rings (SSSR count). The van der Waals surface area contributed by atoms with E-state index < -0.39 is 0 Å². The summed E-state index contributed by atoms with van der Waals surface area (Å²) in [5.74, 6) is 0.187. The van der Waals surface area contributed by atoms with E-state index in [0.29, 0.717) is 27.6 Å². The topological polar surface area (TPSA) is 87.6 Å².